The van der Waals surface area contributed by atoms with Crippen LogP contribution in [0.15, 0.2) is 35.5 Å². The number of halogens is 1. The largest absolute Gasteiger partial charge is 0.462 e. The molecule has 5 nitrogen and oxygen atoms in total. The van der Waals surface area contributed by atoms with Crippen LogP contribution in [-0.4, -0.2) is 12.1 Å². The van der Waals surface area contributed by atoms with Crippen LogP contribution in [0.1, 0.15) is 25.5 Å². The zero-order valence-corrected chi connectivity index (χ0v) is 14.3. The van der Waals surface area contributed by atoms with E-state index in [1.807, 2.05) is 12.1 Å². The van der Waals surface area contributed by atoms with E-state index in [9.17, 15) is 4.79 Å². The van der Waals surface area contributed by atoms with Gasteiger partial charge >= 0.3 is 5.97 Å². The molecule has 7 heteroatoms. The lowest BCUT2D eigenvalue weighted by molar-refractivity contribution is -0.149. The number of anilines is 1. The van der Waals surface area contributed by atoms with Gasteiger partial charge < -0.3 is 21.5 Å². The second-order valence-corrected chi connectivity index (χ2v) is 6.30. The summed E-state index contributed by atoms with van der Waals surface area (Å²) in [5.41, 5.74) is 13.1. The van der Waals surface area contributed by atoms with E-state index in [1.54, 1.807) is 32.2 Å². The highest BCUT2D eigenvalue weighted by Gasteiger charge is 2.18. The van der Waals surface area contributed by atoms with E-state index in [4.69, 9.17) is 16.2 Å². The Morgan fingerprint density at radius 2 is 2.00 bits per heavy atom. The standard InChI is InChI=1S/C13H18IN3O2S/c1-8(2)19-13(18)12(16)9-3-5-10(6-4-9)17-7-11(15)20-14/h3-8,12,17H,15-16H2,1-2H3/b11-7+. The van der Waals surface area contributed by atoms with Crippen molar-refractivity contribution in [3.8, 4) is 0 Å². The van der Waals surface area contributed by atoms with Crippen LogP contribution in [0.3, 0.4) is 0 Å². The second kappa shape index (κ2) is 8.38. The van der Waals surface area contributed by atoms with Crippen molar-refractivity contribution in [2.45, 2.75) is 26.0 Å². The molecular formula is C13H18IN3O2S. The third kappa shape index (κ3) is 5.59. The van der Waals surface area contributed by atoms with Gasteiger partial charge in [-0.15, -0.1) is 0 Å². The summed E-state index contributed by atoms with van der Waals surface area (Å²) in [6.07, 6.45) is 1.53. The number of esters is 1. The summed E-state index contributed by atoms with van der Waals surface area (Å²) >= 11 is 2.10. The van der Waals surface area contributed by atoms with E-state index in [0.29, 0.717) is 10.6 Å². The van der Waals surface area contributed by atoms with Gasteiger partial charge in [-0.25, -0.2) is 4.79 Å². The molecule has 0 bridgehead atoms. The van der Waals surface area contributed by atoms with Gasteiger partial charge in [0.25, 0.3) is 0 Å². The summed E-state index contributed by atoms with van der Waals surface area (Å²) in [5, 5.41) is 3.73. The maximum atomic E-state index is 11.7. The van der Waals surface area contributed by atoms with Gasteiger partial charge in [0.1, 0.15) is 6.04 Å². The Morgan fingerprint density at radius 1 is 1.40 bits per heavy atom. The lowest BCUT2D eigenvalue weighted by atomic mass is 10.1. The quantitative estimate of drug-likeness (QED) is 0.496. The molecule has 5 N–H and O–H groups in total. The van der Waals surface area contributed by atoms with Crippen LogP contribution >= 0.6 is 30.1 Å². The van der Waals surface area contributed by atoms with Crippen molar-refractivity contribution in [2.24, 2.45) is 11.5 Å². The molecule has 1 unspecified atom stereocenters. The molecule has 0 saturated carbocycles. The first-order chi connectivity index (χ1) is 9.43. The van der Waals surface area contributed by atoms with Crippen LogP contribution in [0, 0.1) is 0 Å². The van der Waals surface area contributed by atoms with Crippen molar-refractivity contribution in [1.29, 1.82) is 0 Å². The fraction of sp³-hybridized carbons (Fsp3) is 0.308. The lowest BCUT2D eigenvalue weighted by Crippen LogP contribution is -2.26. The van der Waals surface area contributed by atoms with Gasteiger partial charge in [0.05, 0.1) is 11.1 Å². The Balaban J connectivity index is 2.68. The van der Waals surface area contributed by atoms with E-state index in [1.165, 1.54) is 8.93 Å². The van der Waals surface area contributed by atoms with E-state index < -0.39 is 12.0 Å². The van der Waals surface area contributed by atoms with Gasteiger partial charge in [-0.05, 0) is 40.5 Å². The minimum Gasteiger partial charge on any atom is -0.462 e. The number of carbonyl (C=O) groups is 1. The number of hydrogen-bond acceptors (Lipinski definition) is 6. The second-order valence-electron chi connectivity index (χ2n) is 4.35. The van der Waals surface area contributed by atoms with E-state index in [-0.39, 0.29) is 6.10 Å². The Hall–Kier alpha value is -0.930. The summed E-state index contributed by atoms with van der Waals surface area (Å²) in [6, 6.07) is 6.47. The van der Waals surface area contributed by atoms with Crippen LogP contribution in [0.5, 0.6) is 0 Å². The Morgan fingerprint density at radius 3 is 2.50 bits per heavy atom. The van der Waals surface area contributed by atoms with Gasteiger partial charge in [-0.2, -0.15) is 0 Å². The van der Waals surface area contributed by atoms with Crippen molar-refractivity contribution >= 4 is 41.8 Å². The topological polar surface area (TPSA) is 90.4 Å². The molecule has 1 aromatic carbocycles. The lowest BCUT2D eigenvalue weighted by Gasteiger charge is -2.14. The zero-order chi connectivity index (χ0) is 15.1. The molecule has 1 aromatic rings. The van der Waals surface area contributed by atoms with Crippen molar-refractivity contribution in [3.05, 3.63) is 41.1 Å². The average molecular weight is 407 g/mol. The predicted molar refractivity (Wildman–Crippen MR) is 92.1 cm³/mol. The maximum Gasteiger partial charge on any atom is 0.327 e. The number of ether oxygens (including phenoxy) is 1. The summed E-state index contributed by atoms with van der Waals surface area (Å²) in [5.74, 6) is -0.425. The first kappa shape index (κ1) is 17.1. The van der Waals surface area contributed by atoms with Gasteiger partial charge in [0.2, 0.25) is 0 Å². The van der Waals surface area contributed by atoms with Crippen molar-refractivity contribution in [2.75, 3.05) is 5.32 Å². The maximum absolute atomic E-state index is 11.7. The fourth-order valence-electron chi connectivity index (χ4n) is 1.41. The molecule has 0 aliphatic heterocycles. The van der Waals surface area contributed by atoms with E-state index in [0.717, 1.165) is 5.69 Å². The summed E-state index contributed by atoms with van der Waals surface area (Å²) in [4.78, 5) is 11.7. The highest BCUT2D eigenvalue weighted by atomic mass is 127. The SMILES string of the molecule is CC(C)OC(=O)C(N)c1ccc(N/C=C(\N)SI)cc1. The van der Waals surface area contributed by atoms with Crippen molar-refractivity contribution in [1.82, 2.24) is 0 Å². The minimum atomic E-state index is -0.767. The van der Waals surface area contributed by atoms with Crippen LogP contribution in [-0.2, 0) is 9.53 Å². The van der Waals surface area contributed by atoms with Gasteiger partial charge in [-0.3, -0.25) is 0 Å². The fourth-order valence-corrected chi connectivity index (χ4v) is 1.89. The Labute approximate surface area is 135 Å². The number of benzene rings is 1. The number of hydrogen-bond donors (Lipinski definition) is 3. The van der Waals surface area contributed by atoms with Crippen LogP contribution in [0.25, 0.3) is 0 Å². The first-order valence-corrected chi connectivity index (χ1v) is 9.36. The Bertz CT molecular complexity index is 477. The van der Waals surface area contributed by atoms with Crippen molar-refractivity contribution in [3.63, 3.8) is 0 Å². The highest BCUT2D eigenvalue weighted by Crippen LogP contribution is 2.20. The highest BCUT2D eigenvalue weighted by molar-refractivity contribution is 14.2. The normalized spacial score (nSPS) is 13.2. The first-order valence-electron chi connectivity index (χ1n) is 6.01. The van der Waals surface area contributed by atoms with Crippen LogP contribution < -0.4 is 16.8 Å². The van der Waals surface area contributed by atoms with Gasteiger partial charge in [-0.1, -0.05) is 12.1 Å². The summed E-state index contributed by atoms with van der Waals surface area (Å²) in [7, 11) is 1.43. The monoisotopic (exact) mass is 407 g/mol. The van der Waals surface area contributed by atoms with E-state index in [2.05, 4.69) is 26.5 Å². The Kier molecular flexibility index (Phi) is 7.17. The third-order valence-corrected chi connectivity index (χ3v) is 4.17. The number of rotatable bonds is 6. The molecule has 0 amide bonds. The smallest absolute Gasteiger partial charge is 0.327 e. The molecule has 0 aliphatic rings. The molecule has 0 radical (unpaired) electrons. The molecular weight excluding hydrogens is 389 g/mol. The predicted octanol–water partition coefficient (Wildman–Crippen LogP) is 2.89. The van der Waals surface area contributed by atoms with Crippen LogP contribution in [0.2, 0.25) is 0 Å². The summed E-state index contributed by atoms with van der Waals surface area (Å²) in [6.45, 7) is 3.58. The number of nitrogens with two attached hydrogens (primary N) is 2. The summed E-state index contributed by atoms with van der Waals surface area (Å²) < 4.78 is 5.08. The minimum absolute atomic E-state index is 0.173. The number of carbonyl (C=O) groups excluding carboxylic acids is 1. The number of nitrogens with one attached hydrogen (secondary N) is 1. The molecule has 110 valence electrons. The molecule has 0 aliphatic carbocycles. The zero-order valence-electron chi connectivity index (χ0n) is 11.3. The molecule has 1 atom stereocenters. The molecule has 1 rings (SSSR count). The van der Waals surface area contributed by atoms with Crippen LogP contribution in [0.4, 0.5) is 5.69 Å². The average Bonchev–Trinajstić information content (AvgIpc) is 2.43. The molecule has 0 spiro atoms. The molecule has 0 saturated heterocycles. The molecule has 20 heavy (non-hydrogen) atoms. The van der Waals surface area contributed by atoms with Crippen molar-refractivity contribution < 1.29 is 9.53 Å². The van der Waals surface area contributed by atoms with Gasteiger partial charge in [0.15, 0.2) is 0 Å². The molecule has 0 heterocycles. The van der Waals surface area contributed by atoms with E-state index >= 15 is 0 Å². The third-order valence-electron chi connectivity index (χ3n) is 2.35. The van der Waals surface area contributed by atoms with Gasteiger partial charge in [0, 0.05) is 33.1 Å². The molecule has 0 aromatic heterocycles. The molecule has 0 fully saturated rings.